The van der Waals surface area contributed by atoms with Gasteiger partial charge in [0.25, 0.3) is 0 Å². The second-order valence-corrected chi connectivity index (χ2v) is 12.4. The molecule has 3 aromatic heterocycles. The molecule has 1 N–H and O–H groups in total. The number of aromatic nitrogens is 6. The zero-order valence-electron chi connectivity index (χ0n) is 24.0. The molecule has 0 unspecified atom stereocenters. The van der Waals surface area contributed by atoms with Gasteiger partial charge in [-0.3, -0.25) is 18.4 Å². The number of imidazole rings is 2. The fraction of sp³-hybridized carbons (Fsp3) is 0.414. The van der Waals surface area contributed by atoms with Gasteiger partial charge >= 0.3 is 11.9 Å². The standard InChI is InChI=1S/C29H32F3N7O2/c1-27(2,3)25-34-20-10-18(16-12-33-35(5)13-16)19(29(30,31)32)11-21(20)39(25)17-8-22-24(37(7)26(40)36(22)6)23(9-17)38-14-28(4,41)15-38/h8-13,41H,14-15H2,1-7H3. The number of halogens is 3. The highest BCUT2D eigenvalue weighted by Gasteiger charge is 2.39. The number of aryl methyl sites for hydroxylation is 3. The van der Waals surface area contributed by atoms with Crippen LogP contribution in [0.5, 0.6) is 0 Å². The molecule has 0 amide bonds. The largest absolute Gasteiger partial charge is 0.417 e. The van der Waals surface area contributed by atoms with E-state index >= 15 is 0 Å². The highest BCUT2D eigenvalue weighted by Crippen LogP contribution is 2.42. The summed E-state index contributed by atoms with van der Waals surface area (Å²) in [6.45, 7) is 8.34. The minimum atomic E-state index is -4.63. The predicted molar refractivity (Wildman–Crippen MR) is 152 cm³/mol. The molecule has 1 saturated heterocycles. The van der Waals surface area contributed by atoms with Gasteiger partial charge in [0.15, 0.2) is 0 Å². The Labute approximate surface area is 234 Å². The lowest BCUT2D eigenvalue weighted by molar-refractivity contribution is -0.137. The Morgan fingerprint density at radius 1 is 0.976 bits per heavy atom. The molecular weight excluding hydrogens is 535 g/mol. The lowest BCUT2D eigenvalue weighted by atomic mass is 9.94. The van der Waals surface area contributed by atoms with Gasteiger partial charge in [-0.1, -0.05) is 20.8 Å². The molecule has 0 spiro atoms. The number of nitrogens with zero attached hydrogens (tertiary/aromatic N) is 7. The summed E-state index contributed by atoms with van der Waals surface area (Å²) in [6.07, 6.45) is -1.66. The maximum absolute atomic E-state index is 14.5. The van der Waals surface area contributed by atoms with Crippen LogP contribution in [0.1, 0.15) is 39.1 Å². The van der Waals surface area contributed by atoms with Crippen LogP contribution in [-0.2, 0) is 32.7 Å². The van der Waals surface area contributed by atoms with Gasteiger partial charge < -0.3 is 10.0 Å². The lowest BCUT2D eigenvalue weighted by Crippen LogP contribution is -2.60. The van der Waals surface area contributed by atoms with Crippen LogP contribution in [0.4, 0.5) is 18.9 Å². The normalized spacial score (nSPS) is 15.7. The zero-order chi connectivity index (χ0) is 29.8. The van der Waals surface area contributed by atoms with Crippen molar-refractivity contribution in [3.8, 4) is 16.8 Å². The van der Waals surface area contributed by atoms with Crippen molar-refractivity contribution in [1.29, 1.82) is 0 Å². The van der Waals surface area contributed by atoms with E-state index in [-0.39, 0.29) is 11.3 Å². The van der Waals surface area contributed by atoms with Crippen molar-refractivity contribution >= 4 is 27.8 Å². The van der Waals surface area contributed by atoms with Gasteiger partial charge in [0.2, 0.25) is 0 Å². The second kappa shape index (κ2) is 8.48. The molecule has 41 heavy (non-hydrogen) atoms. The van der Waals surface area contributed by atoms with Crippen LogP contribution >= 0.6 is 0 Å². The number of hydrogen-bond acceptors (Lipinski definition) is 5. The summed E-state index contributed by atoms with van der Waals surface area (Å²) in [5, 5.41) is 14.6. The fourth-order valence-electron chi connectivity index (χ4n) is 5.85. The van der Waals surface area contributed by atoms with Crippen LogP contribution in [0.15, 0.2) is 41.5 Å². The molecule has 0 atom stereocenters. The van der Waals surface area contributed by atoms with Gasteiger partial charge in [-0.25, -0.2) is 9.78 Å². The molecule has 12 heteroatoms. The van der Waals surface area contributed by atoms with Crippen molar-refractivity contribution in [2.24, 2.45) is 21.1 Å². The Balaban J connectivity index is 1.70. The molecule has 0 bridgehead atoms. The predicted octanol–water partition coefficient (Wildman–Crippen LogP) is 4.50. The number of aliphatic hydroxyl groups is 1. The van der Waals surface area contributed by atoms with Crippen molar-refractivity contribution in [1.82, 2.24) is 28.5 Å². The Morgan fingerprint density at radius 3 is 2.22 bits per heavy atom. The van der Waals surface area contributed by atoms with Gasteiger partial charge in [-0.15, -0.1) is 0 Å². The molecule has 2 aromatic carbocycles. The van der Waals surface area contributed by atoms with E-state index in [4.69, 9.17) is 4.98 Å². The Hall–Kier alpha value is -4.06. The van der Waals surface area contributed by atoms with Crippen molar-refractivity contribution in [2.45, 2.75) is 44.9 Å². The Morgan fingerprint density at radius 2 is 1.66 bits per heavy atom. The molecule has 6 rings (SSSR count). The molecule has 1 aliphatic rings. The maximum Gasteiger partial charge on any atom is 0.417 e. The third-order valence-corrected chi connectivity index (χ3v) is 7.77. The molecule has 0 aliphatic carbocycles. The average Bonchev–Trinajstić information content (AvgIpc) is 3.52. The number of hydrogen-bond donors (Lipinski definition) is 1. The van der Waals surface area contributed by atoms with E-state index in [0.29, 0.717) is 57.9 Å². The van der Waals surface area contributed by atoms with Gasteiger partial charge in [-0.2, -0.15) is 18.3 Å². The van der Waals surface area contributed by atoms with Crippen LogP contribution in [0, 0.1) is 0 Å². The molecule has 216 valence electrons. The number of benzene rings is 2. The van der Waals surface area contributed by atoms with E-state index in [2.05, 4.69) is 5.10 Å². The van der Waals surface area contributed by atoms with Crippen LogP contribution in [-0.4, -0.2) is 52.3 Å². The third kappa shape index (κ3) is 4.23. The molecule has 0 saturated carbocycles. The second-order valence-electron chi connectivity index (χ2n) is 12.4. The maximum atomic E-state index is 14.5. The smallest absolute Gasteiger partial charge is 0.386 e. The quantitative estimate of drug-likeness (QED) is 0.347. The van der Waals surface area contributed by atoms with E-state index in [0.717, 1.165) is 6.07 Å². The molecule has 0 radical (unpaired) electrons. The lowest BCUT2D eigenvalue weighted by Gasteiger charge is -2.46. The van der Waals surface area contributed by atoms with Crippen LogP contribution in [0.25, 0.3) is 38.9 Å². The van der Waals surface area contributed by atoms with Gasteiger partial charge in [0, 0.05) is 51.4 Å². The molecule has 1 aliphatic heterocycles. The molecular formula is C29H32F3N7O2. The minimum Gasteiger partial charge on any atom is -0.386 e. The van der Waals surface area contributed by atoms with E-state index in [1.807, 2.05) is 37.8 Å². The summed E-state index contributed by atoms with van der Waals surface area (Å²) >= 11 is 0. The van der Waals surface area contributed by atoms with Crippen molar-refractivity contribution in [3.63, 3.8) is 0 Å². The van der Waals surface area contributed by atoms with Crippen molar-refractivity contribution in [3.05, 3.63) is 58.5 Å². The first-order valence-electron chi connectivity index (χ1n) is 13.3. The molecule has 5 aromatic rings. The van der Waals surface area contributed by atoms with Gasteiger partial charge in [0.1, 0.15) is 5.82 Å². The van der Waals surface area contributed by atoms with E-state index < -0.39 is 22.8 Å². The molecule has 1 fully saturated rings. The zero-order valence-corrected chi connectivity index (χ0v) is 24.0. The Kier molecular flexibility index (Phi) is 5.61. The van der Waals surface area contributed by atoms with Crippen molar-refractivity contribution in [2.75, 3.05) is 18.0 Å². The summed E-state index contributed by atoms with van der Waals surface area (Å²) < 4.78 is 49.9. The number of anilines is 1. The summed E-state index contributed by atoms with van der Waals surface area (Å²) in [7, 11) is 5.02. The van der Waals surface area contributed by atoms with E-state index in [1.54, 1.807) is 43.4 Å². The number of fused-ring (bicyclic) bond motifs is 2. The summed E-state index contributed by atoms with van der Waals surface area (Å²) in [4.78, 5) is 19.8. The van der Waals surface area contributed by atoms with Gasteiger partial charge in [0.05, 0.1) is 50.8 Å². The van der Waals surface area contributed by atoms with E-state index in [9.17, 15) is 23.1 Å². The SMILES string of the molecule is Cn1cc(-c2cc3nc(C(C)(C)C)n(-c4cc(N5CC(C)(O)C5)c5c(c4)n(C)c(=O)n5C)c3cc2C(F)(F)F)cn1. The van der Waals surface area contributed by atoms with Crippen molar-refractivity contribution < 1.29 is 18.3 Å². The summed E-state index contributed by atoms with van der Waals surface area (Å²) in [5.74, 6) is 0.575. The van der Waals surface area contributed by atoms with Crippen LogP contribution in [0.3, 0.4) is 0 Å². The minimum absolute atomic E-state index is 0.00705. The topological polar surface area (TPSA) is 86.0 Å². The first kappa shape index (κ1) is 27.1. The summed E-state index contributed by atoms with van der Waals surface area (Å²) in [6, 6.07) is 6.32. The highest BCUT2D eigenvalue weighted by atomic mass is 19.4. The summed E-state index contributed by atoms with van der Waals surface area (Å²) in [5.41, 5.74) is 1.26. The fourth-order valence-corrected chi connectivity index (χ4v) is 5.85. The molecule has 4 heterocycles. The highest BCUT2D eigenvalue weighted by molar-refractivity contribution is 5.94. The molecule has 9 nitrogen and oxygen atoms in total. The first-order chi connectivity index (χ1) is 19.0. The Bertz CT molecular complexity index is 1910. The van der Waals surface area contributed by atoms with Gasteiger partial charge in [-0.05, 0) is 36.8 Å². The van der Waals surface area contributed by atoms with Crippen LogP contribution in [0.2, 0.25) is 0 Å². The average molecular weight is 568 g/mol. The monoisotopic (exact) mass is 567 g/mol. The number of alkyl halides is 3. The first-order valence-corrected chi connectivity index (χ1v) is 13.3. The van der Waals surface area contributed by atoms with Crippen LogP contribution < -0.4 is 10.6 Å². The number of rotatable bonds is 3. The third-order valence-electron chi connectivity index (χ3n) is 7.77. The van der Waals surface area contributed by atoms with E-state index in [1.165, 1.54) is 21.5 Å². The number of β-amino-alcohol motifs (C(OH)–C–C–N with tert-alkyl or cyclic N) is 1.